The molecule has 0 bridgehead atoms. The SMILES string of the molecule is CCOC(=O)[C@@H]1CCCN(S(=O)(=O)NCc2cccnc2N(C)C)C1. The van der Waals surface area contributed by atoms with E-state index in [9.17, 15) is 13.2 Å². The van der Waals surface area contributed by atoms with Gasteiger partial charge in [-0.1, -0.05) is 6.07 Å². The molecule has 1 saturated heterocycles. The molecule has 1 atom stereocenters. The number of nitrogens with zero attached hydrogens (tertiary/aromatic N) is 3. The maximum absolute atomic E-state index is 12.6. The van der Waals surface area contributed by atoms with Gasteiger partial charge >= 0.3 is 5.97 Å². The molecule has 0 aliphatic carbocycles. The molecule has 1 aromatic rings. The van der Waals surface area contributed by atoms with Gasteiger partial charge in [-0.15, -0.1) is 0 Å². The number of nitrogens with one attached hydrogen (secondary N) is 1. The van der Waals surface area contributed by atoms with E-state index in [1.54, 1.807) is 19.2 Å². The van der Waals surface area contributed by atoms with Crippen LogP contribution in [0.5, 0.6) is 0 Å². The van der Waals surface area contributed by atoms with Crippen molar-refractivity contribution >= 4 is 22.0 Å². The topological polar surface area (TPSA) is 91.8 Å². The van der Waals surface area contributed by atoms with E-state index in [2.05, 4.69) is 9.71 Å². The Morgan fingerprint density at radius 2 is 2.24 bits per heavy atom. The van der Waals surface area contributed by atoms with Crippen LogP contribution in [0.2, 0.25) is 0 Å². The van der Waals surface area contributed by atoms with Gasteiger partial charge in [0.15, 0.2) is 0 Å². The van der Waals surface area contributed by atoms with Gasteiger partial charge in [0.1, 0.15) is 5.82 Å². The van der Waals surface area contributed by atoms with Crippen LogP contribution >= 0.6 is 0 Å². The highest BCUT2D eigenvalue weighted by Gasteiger charge is 2.33. The summed E-state index contributed by atoms with van der Waals surface area (Å²) in [6.07, 6.45) is 2.96. The van der Waals surface area contributed by atoms with Gasteiger partial charge in [0.05, 0.1) is 12.5 Å². The zero-order chi connectivity index (χ0) is 18.4. The van der Waals surface area contributed by atoms with Crippen molar-refractivity contribution in [3.05, 3.63) is 23.9 Å². The summed E-state index contributed by atoms with van der Waals surface area (Å²) in [5.74, 6) is -0.0150. The summed E-state index contributed by atoms with van der Waals surface area (Å²) in [5, 5.41) is 0. The highest BCUT2D eigenvalue weighted by Crippen LogP contribution is 2.21. The van der Waals surface area contributed by atoms with Crippen LogP contribution in [0.15, 0.2) is 18.3 Å². The van der Waals surface area contributed by atoms with Gasteiger partial charge in [-0.05, 0) is 25.8 Å². The van der Waals surface area contributed by atoms with Crippen LogP contribution in [-0.4, -0.2) is 57.5 Å². The third kappa shape index (κ3) is 5.13. The normalized spacial score (nSPS) is 18.8. The van der Waals surface area contributed by atoms with Crippen molar-refractivity contribution < 1.29 is 17.9 Å². The molecular formula is C16H26N4O4S. The van der Waals surface area contributed by atoms with E-state index in [1.807, 2.05) is 25.1 Å². The van der Waals surface area contributed by atoms with E-state index in [0.717, 1.165) is 5.56 Å². The number of carbonyl (C=O) groups excluding carboxylic acids is 1. The van der Waals surface area contributed by atoms with Gasteiger partial charge in [0, 0.05) is 45.5 Å². The summed E-state index contributed by atoms with van der Waals surface area (Å²) in [4.78, 5) is 18.0. The molecule has 0 amide bonds. The molecular weight excluding hydrogens is 344 g/mol. The minimum Gasteiger partial charge on any atom is -0.466 e. The van der Waals surface area contributed by atoms with Gasteiger partial charge in [-0.25, -0.2) is 4.98 Å². The second-order valence-electron chi connectivity index (χ2n) is 6.16. The fourth-order valence-electron chi connectivity index (χ4n) is 2.84. The standard InChI is InChI=1S/C16H26N4O4S/c1-4-24-16(21)14-8-6-10-20(12-14)25(22,23)18-11-13-7-5-9-17-15(13)19(2)3/h5,7,9,14,18H,4,6,8,10-12H2,1-3H3/t14-/m1/s1. The van der Waals surface area contributed by atoms with Gasteiger partial charge in [0.25, 0.3) is 10.2 Å². The first-order valence-corrected chi connectivity index (χ1v) is 9.81. The van der Waals surface area contributed by atoms with Gasteiger partial charge in [-0.3, -0.25) is 4.79 Å². The average molecular weight is 370 g/mol. The Morgan fingerprint density at radius 1 is 1.48 bits per heavy atom. The number of esters is 1. The van der Waals surface area contributed by atoms with Crippen LogP contribution < -0.4 is 9.62 Å². The zero-order valence-electron chi connectivity index (χ0n) is 14.9. The van der Waals surface area contributed by atoms with E-state index in [1.165, 1.54) is 4.31 Å². The first-order valence-electron chi connectivity index (χ1n) is 8.37. The van der Waals surface area contributed by atoms with E-state index < -0.39 is 16.1 Å². The highest BCUT2D eigenvalue weighted by atomic mass is 32.2. The van der Waals surface area contributed by atoms with Crippen LogP contribution in [-0.2, 0) is 26.3 Å². The van der Waals surface area contributed by atoms with E-state index in [4.69, 9.17) is 4.74 Å². The summed E-state index contributed by atoms with van der Waals surface area (Å²) in [6.45, 7) is 2.74. The molecule has 0 saturated carbocycles. The Balaban J connectivity index is 2.03. The molecule has 0 radical (unpaired) electrons. The summed E-state index contributed by atoms with van der Waals surface area (Å²) in [7, 11) is 0.0360. The fourth-order valence-corrected chi connectivity index (χ4v) is 4.11. The third-order valence-electron chi connectivity index (χ3n) is 4.08. The van der Waals surface area contributed by atoms with Crippen molar-refractivity contribution in [2.24, 2.45) is 5.92 Å². The van der Waals surface area contributed by atoms with Crippen molar-refractivity contribution in [2.45, 2.75) is 26.3 Å². The van der Waals surface area contributed by atoms with Crippen molar-refractivity contribution in [3.8, 4) is 0 Å². The summed E-state index contributed by atoms with van der Waals surface area (Å²) in [6, 6.07) is 3.61. The van der Waals surface area contributed by atoms with Crippen molar-refractivity contribution in [3.63, 3.8) is 0 Å². The average Bonchev–Trinajstić information content (AvgIpc) is 2.60. The van der Waals surface area contributed by atoms with Crippen molar-refractivity contribution in [1.82, 2.24) is 14.0 Å². The van der Waals surface area contributed by atoms with Crippen LogP contribution in [0.25, 0.3) is 0 Å². The number of hydrogen-bond donors (Lipinski definition) is 1. The summed E-state index contributed by atoms with van der Waals surface area (Å²) < 4.78 is 34.1. The predicted molar refractivity (Wildman–Crippen MR) is 95.3 cm³/mol. The fraction of sp³-hybridized carbons (Fsp3) is 0.625. The molecule has 1 aromatic heterocycles. The molecule has 25 heavy (non-hydrogen) atoms. The second-order valence-corrected chi connectivity index (χ2v) is 7.91. The lowest BCUT2D eigenvalue weighted by atomic mass is 10.0. The van der Waals surface area contributed by atoms with E-state index in [0.29, 0.717) is 31.8 Å². The van der Waals surface area contributed by atoms with E-state index >= 15 is 0 Å². The van der Waals surface area contributed by atoms with Crippen LogP contribution in [0.1, 0.15) is 25.3 Å². The molecule has 0 unspecified atom stereocenters. The molecule has 2 rings (SSSR count). The van der Waals surface area contributed by atoms with Crippen molar-refractivity contribution in [2.75, 3.05) is 38.7 Å². The summed E-state index contributed by atoms with van der Waals surface area (Å²) >= 11 is 0. The van der Waals surface area contributed by atoms with Crippen molar-refractivity contribution in [1.29, 1.82) is 0 Å². The Kier molecular flexibility index (Phi) is 6.74. The van der Waals surface area contributed by atoms with Crippen LogP contribution in [0, 0.1) is 5.92 Å². The molecule has 1 N–H and O–H groups in total. The largest absolute Gasteiger partial charge is 0.466 e. The maximum Gasteiger partial charge on any atom is 0.310 e. The van der Waals surface area contributed by atoms with E-state index in [-0.39, 0.29) is 19.1 Å². The molecule has 1 aliphatic heterocycles. The molecule has 1 fully saturated rings. The Hall–Kier alpha value is -1.71. The van der Waals surface area contributed by atoms with Gasteiger partial charge in [0.2, 0.25) is 0 Å². The second kappa shape index (κ2) is 8.59. The zero-order valence-corrected chi connectivity index (χ0v) is 15.8. The number of aromatic nitrogens is 1. The van der Waals surface area contributed by atoms with Gasteiger partial charge < -0.3 is 9.64 Å². The third-order valence-corrected chi connectivity index (χ3v) is 5.60. The van der Waals surface area contributed by atoms with Crippen LogP contribution in [0.3, 0.4) is 0 Å². The lowest BCUT2D eigenvalue weighted by Gasteiger charge is -2.30. The number of anilines is 1. The Morgan fingerprint density at radius 3 is 2.92 bits per heavy atom. The smallest absolute Gasteiger partial charge is 0.310 e. The maximum atomic E-state index is 12.6. The molecule has 140 valence electrons. The number of rotatable bonds is 7. The summed E-state index contributed by atoms with van der Waals surface area (Å²) in [5.41, 5.74) is 0.787. The minimum atomic E-state index is -3.68. The molecule has 1 aliphatic rings. The van der Waals surface area contributed by atoms with Crippen LogP contribution in [0.4, 0.5) is 5.82 Å². The quantitative estimate of drug-likeness (QED) is 0.713. The lowest BCUT2D eigenvalue weighted by Crippen LogP contribution is -2.47. The Bertz CT molecular complexity index is 693. The lowest BCUT2D eigenvalue weighted by molar-refractivity contribution is -0.149. The number of ether oxygens (including phenoxy) is 1. The first kappa shape index (κ1) is 19.6. The first-order chi connectivity index (χ1) is 11.8. The molecule has 8 nitrogen and oxygen atoms in total. The molecule has 0 spiro atoms. The number of carbonyl (C=O) groups is 1. The highest BCUT2D eigenvalue weighted by molar-refractivity contribution is 7.87. The number of hydrogen-bond acceptors (Lipinski definition) is 6. The number of pyridine rings is 1. The Labute approximate surface area is 149 Å². The molecule has 2 heterocycles. The molecule has 0 aromatic carbocycles. The molecule has 9 heteroatoms. The van der Waals surface area contributed by atoms with Gasteiger partial charge in [-0.2, -0.15) is 17.4 Å². The predicted octanol–water partition coefficient (Wildman–Crippen LogP) is 0.757. The number of piperidine rings is 1. The minimum absolute atomic E-state index is 0.143. The monoisotopic (exact) mass is 370 g/mol.